The van der Waals surface area contributed by atoms with E-state index in [1.165, 1.54) is 54.2 Å². The Morgan fingerprint density at radius 2 is 0.904 bits per heavy atom. The predicted molar refractivity (Wildman–Crippen MR) is 383 cm³/mol. The van der Waals surface area contributed by atoms with Crippen molar-refractivity contribution in [2.24, 2.45) is 0 Å². The molecule has 3 N–H and O–H groups in total. The second-order valence-electron chi connectivity index (χ2n) is 24.0. The average molecular weight is 1660 g/mol. The van der Waals surface area contributed by atoms with Crippen molar-refractivity contribution in [2.75, 3.05) is 65.7 Å². The number of aromatic nitrogens is 1. The minimum Gasteiger partial charge on any atom is -0.496 e. The van der Waals surface area contributed by atoms with Gasteiger partial charge in [-0.25, -0.2) is 48.1 Å². The lowest BCUT2D eigenvalue weighted by Crippen LogP contribution is -2.35. The van der Waals surface area contributed by atoms with E-state index in [-0.39, 0.29) is 60.0 Å². The van der Waals surface area contributed by atoms with Crippen molar-refractivity contribution in [3.05, 3.63) is 139 Å². The minimum atomic E-state index is -3.52. The lowest BCUT2D eigenvalue weighted by atomic mass is 9.92. The van der Waals surface area contributed by atoms with Gasteiger partial charge >= 0.3 is 17.9 Å². The summed E-state index contributed by atoms with van der Waals surface area (Å²) >= 11 is 13.4. The van der Waals surface area contributed by atoms with Crippen LogP contribution in [0.25, 0.3) is 0 Å². The normalized spacial score (nSPS) is 17.1. The van der Waals surface area contributed by atoms with Crippen LogP contribution in [0.3, 0.4) is 0 Å². The summed E-state index contributed by atoms with van der Waals surface area (Å²) in [6.07, 6.45) is 0.330. The van der Waals surface area contributed by atoms with Crippen molar-refractivity contribution in [3.63, 3.8) is 0 Å². The van der Waals surface area contributed by atoms with Gasteiger partial charge in [0.05, 0.1) is 81.6 Å². The number of aromatic carboxylic acids is 1. The maximum absolute atomic E-state index is 13.2. The Bertz CT molecular complexity index is 4270. The number of benzene rings is 4. The number of carbonyl (C=O) groups is 4. The number of rotatable bonds is 15. The van der Waals surface area contributed by atoms with Gasteiger partial charge in [-0.2, -0.15) is 0 Å². The van der Waals surface area contributed by atoms with Gasteiger partial charge in [-0.1, -0.05) is 91.4 Å². The molecule has 0 saturated carbocycles. The van der Waals surface area contributed by atoms with Gasteiger partial charge in [0.15, 0.2) is 5.78 Å². The third-order valence-corrected chi connectivity index (χ3v) is 26.4. The van der Waals surface area contributed by atoms with Gasteiger partial charge in [0.2, 0.25) is 39.1 Å². The maximum atomic E-state index is 13.2. The number of ketones is 1. The number of nitrogens with zero attached hydrogens (tertiary/aromatic N) is 3. The van der Waals surface area contributed by atoms with Crippen molar-refractivity contribution in [3.8, 4) is 5.75 Å². The molecule has 0 amide bonds. The third-order valence-electron chi connectivity index (χ3n) is 15.9. The first-order valence-corrected chi connectivity index (χ1v) is 39.7. The summed E-state index contributed by atoms with van der Waals surface area (Å²) in [6, 6.07) is 15.6. The monoisotopic (exact) mass is 1660 g/mol. The Morgan fingerprint density at radius 3 is 1.27 bits per heavy atom. The molecule has 4 aliphatic heterocycles. The highest BCUT2D eigenvalue weighted by Gasteiger charge is 2.41. The zero-order valence-electron chi connectivity index (χ0n) is 54.9. The van der Waals surface area contributed by atoms with Crippen molar-refractivity contribution in [1.29, 1.82) is 0 Å². The number of Topliss-reactive ketones (excluding diaryl/α,β-unsaturated/α-hetero) is 1. The molecule has 4 aromatic carbocycles. The molecule has 0 bridgehead atoms. The standard InChI is InChI=1S/C22H27BrN2O5S.C14H18BrNO4S.C13H16BrNO4S.C11H12BrNO2.C3H7ClO2S/c1-12(2)31(28,29)25-11-13(3)21-17(9-15(23)10-18(21)25)19(26)7-6-16-20(30-5)8-14(4)24-22(16)27;1-8(2)21(18,19)16-7-9(3)13-11(14(17)20-4)5-10(15)6-12(13)16;1-7(2)20(18,19)15-6-8(3)12-10(13(16)17)4-9(14)5-11(12)15;1-6-5-13-9-4-7(12)3-8(10(6)9)11(14)15-2;1-3(2)7(4,5)6/h8-10,12-13H,6-7,11H2,1-5H3,(H,24,27);5-6,8-9H,7H2,1-4H3;4-5,7-8H,6H2,1-3H3,(H,16,17);3-4,6,13H,5H2,1-2H3;3H,1-2H3. The van der Waals surface area contributed by atoms with Crippen molar-refractivity contribution < 1.29 is 72.2 Å². The number of pyridine rings is 1. The number of carboxylic acid groups (broad SMARTS) is 1. The number of halogens is 5. The quantitative estimate of drug-likeness (QED) is 0.0498. The number of methoxy groups -OCH3 is 3. The molecular weight excluding hydrogens is 1580 g/mol. The molecule has 22 nitrogen and oxygen atoms in total. The number of esters is 2. The first kappa shape index (κ1) is 79.6. The highest BCUT2D eigenvalue weighted by molar-refractivity contribution is 9.11. The highest BCUT2D eigenvalue weighted by Crippen LogP contribution is 2.46. The number of aromatic amines is 1. The van der Waals surface area contributed by atoms with Gasteiger partial charge in [0.25, 0.3) is 5.56 Å². The van der Waals surface area contributed by atoms with Crippen molar-refractivity contribution in [2.45, 2.75) is 148 Å². The maximum Gasteiger partial charge on any atom is 0.338 e. The van der Waals surface area contributed by atoms with Crippen LogP contribution in [-0.2, 0) is 55.0 Å². The van der Waals surface area contributed by atoms with Crippen LogP contribution in [0.1, 0.15) is 188 Å². The average Bonchev–Trinajstić information content (AvgIpc) is 1.59. The number of carbonyl (C=O) groups excluding carboxylic acids is 3. The molecule has 31 heteroatoms. The van der Waals surface area contributed by atoms with Gasteiger partial charge in [-0.05, 0) is 146 Å². The largest absolute Gasteiger partial charge is 0.496 e. The van der Waals surface area contributed by atoms with E-state index in [4.69, 9.17) is 24.9 Å². The Hall–Kier alpha value is -5.08. The zero-order chi connectivity index (χ0) is 71.3. The summed E-state index contributed by atoms with van der Waals surface area (Å²) in [7, 11) is -4.62. The molecule has 4 unspecified atom stereocenters. The van der Waals surface area contributed by atoms with Gasteiger partial charge in [-0.15, -0.1) is 0 Å². The van der Waals surface area contributed by atoms with E-state index in [0.717, 1.165) is 33.4 Å². The molecule has 518 valence electrons. The van der Waals surface area contributed by atoms with Crippen LogP contribution in [0.4, 0.5) is 22.7 Å². The molecule has 5 aromatic rings. The van der Waals surface area contributed by atoms with E-state index in [9.17, 15) is 62.8 Å². The third kappa shape index (κ3) is 18.0. The van der Waals surface area contributed by atoms with E-state index in [1.807, 2.05) is 32.9 Å². The molecule has 0 radical (unpaired) electrons. The zero-order valence-corrected chi connectivity index (χ0v) is 65.3. The Balaban J connectivity index is 0.000000225. The smallest absolute Gasteiger partial charge is 0.338 e. The predicted octanol–water partition coefficient (Wildman–Crippen LogP) is 13.4. The summed E-state index contributed by atoms with van der Waals surface area (Å²) in [5.74, 6) is -1.43. The fourth-order valence-corrected chi connectivity index (χ4v) is 16.8. The number of fused-ring (bicyclic) bond motifs is 4. The molecule has 0 spiro atoms. The number of hydrogen-bond acceptors (Lipinski definition) is 17. The number of H-pyrrole nitrogens is 1. The molecule has 0 saturated heterocycles. The van der Waals surface area contributed by atoms with Crippen LogP contribution in [0.2, 0.25) is 0 Å². The Labute approximate surface area is 589 Å². The van der Waals surface area contributed by atoms with E-state index in [1.54, 1.807) is 84.9 Å². The minimum absolute atomic E-state index is 0.0595. The number of ether oxygens (including phenoxy) is 3. The van der Waals surface area contributed by atoms with Crippen molar-refractivity contribution in [1.82, 2.24) is 4.98 Å². The molecule has 0 aliphatic carbocycles. The molecule has 4 aliphatic rings. The lowest BCUT2D eigenvalue weighted by molar-refractivity contribution is 0.0590. The summed E-state index contributed by atoms with van der Waals surface area (Å²) < 4.78 is 117. The fraction of sp³-hybridized carbons (Fsp3) is 0.476. The molecule has 9 rings (SSSR count). The molecule has 1 aromatic heterocycles. The number of hydrogen-bond donors (Lipinski definition) is 3. The topological polar surface area (TPSA) is 307 Å². The number of anilines is 4. The van der Waals surface area contributed by atoms with Crippen LogP contribution in [-0.4, -0.2) is 136 Å². The summed E-state index contributed by atoms with van der Waals surface area (Å²) in [5, 5.41) is 10.5. The van der Waals surface area contributed by atoms with Gasteiger partial charge < -0.3 is 29.6 Å². The van der Waals surface area contributed by atoms with Gasteiger partial charge in [0.1, 0.15) is 5.75 Å². The van der Waals surface area contributed by atoms with Crippen LogP contribution in [0.15, 0.2) is 77.3 Å². The number of aryl methyl sites for hydroxylation is 1. The summed E-state index contributed by atoms with van der Waals surface area (Å²) in [6.45, 7) is 24.2. The van der Waals surface area contributed by atoms with Gasteiger partial charge in [0, 0.05) is 102 Å². The summed E-state index contributed by atoms with van der Waals surface area (Å²) in [5.41, 5.74) is 8.26. The van der Waals surface area contributed by atoms with Crippen LogP contribution in [0, 0.1) is 6.92 Å². The summed E-state index contributed by atoms with van der Waals surface area (Å²) in [4.78, 5) is 63.2. The number of nitrogens with one attached hydrogen (secondary N) is 2. The molecule has 0 fully saturated rings. The van der Waals surface area contributed by atoms with E-state index >= 15 is 0 Å². The molecule has 4 atom stereocenters. The second kappa shape index (κ2) is 32.1. The first-order chi connectivity index (χ1) is 43.4. The van der Waals surface area contributed by atoms with E-state index in [0.29, 0.717) is 88.7 Å². The Kier molecular flexibility index (Phi) is 27.2. The lowest BCUT2D eigenvalue weighted by Gasteiger charge is -2.22. The molecular formula is C63H80Br4ClN5O17S4. The number of sulfonamides is 3. The second-order valence-corrected chi connectivity index (χ2v) is 38.1. The van der Waals surface area contributed by atoms with Crippen molar-refractivity contribution >= 4 is 160 Å². The van der Waals surface area contributed by atoms with Crippen LogP contribution >= 0.6 is 74.4 Å². The Morgan fingerprint density at radius 1 is 0.553 bits per heavy atom. The SMILES string of the molecule is CC(C)S(=O)(=O)Cl.CC1CN(S(=O)(=O)C(C)C)c2cc(Br)cc(C(=O)O)c21.COC(=O)c1cc(Br)cc2c1C(C)CN2.COC(=O)c1cc(Br)cc2c1C(C)CN2S(=O)(=O)C(C)C.COc1cc(C)[nH]c(=O)c1CCC(=O)c1cc(Br)cc2c1C(C)CN2S(=O)(=O)C(C)C. The highest BCUT2D eigenvalue weighted by atomic mass is 79.9. The first-order valence-electron chi connectivity index (χ1n) is 29.7. The van der Waals surface area contributed by atoms with Gasteiger partial charge in [-0.3, -0.25) is 22.5 Å². The number of carboxylic acids is 1. The molecule has 94 heavy (non-hydrogen) atoms. The van der Waals surface area contributed by atoms with Crippen LogP contribution < -0.4 is 28.5 Å². The van der Waals surface area contributed by atoms with E-state index < -0.39 is 72.1 Å². The van der Waals surface area contributed by atoms with E-state index in [2.05, 4.69) is 80.9 Å². The molecule has 5 heterocycles. The van der Waals surface area contributed by atoms with Crippen LogP contribution in [0.5, 0.6) is 5.75 Å². The fourth-order valence-electron chi connectivity index (χ4n) is 10.9.